The Balaban J connectivity index is 4.18. The average Bonchev–Trinajstić information content (AvgIpc) is 2.72. The predicted molar refractivity (Wildman–Crippen MR) is 115 cm³/mol. The van der Waals surface area contributed by atoms with E-state index in [0.29, 0.717) is 13.2 Å². The van der Waals surface area contributed by atoms with Gasteiger partial charge in [0, 0.05) is 5.41 Å². The first-order valence-corrected chi connectivity index (χ1v) is 11.2. The number of hydrogen-bond acceptors (Lipinski definition) is 8. The number of esters is 4. The van der Waals surface area contributed by atoms with Gasteiger partial charge in [-0.25, -0.2) is 0 Å². The Morgan fingerprint density at radius 2 is 0.871 bits per heavy atom. The van der Waals surface area contributed by atoms with Crippen molar-refractivity contribution in [2.75, 3.05) is 26.4 Å². The second kappa shape index (κ2) is 15.6. The van der Waals surface area contributed by atoms with Crippen LogP contribution in [0.5, 0.6) is 0 Å². The maximum Gasteiger partial charge on any atom is 0.317 e. The Morgan fingerprint density at radius 1 is 0.581 bits per heavy atom. The summed E-state index contributed by atoms with van der Waals surface area (Å²) in [6.07, 6.45) is 2.68. The van der Waals surface area contributed by atoms with Crippen LogP contribution in [0.1, 0.15) is 80.1 Å². The quantitative estimate of drug-likeness (QED) is 0.201. The van der Waals surface area contributed by atoms with Gasteiger partial charge in [0.15, 0.2) is 0 Å². The normalized spacial score (nSPS) is 11.4. The van der Waals surface area contributed by atoms with Crippen LogP contribution < -0.4 is 0 Å². The Kier molecular flexibility index (Phi) is 14.6. The fourth-order valence-electron chi connectivity index (χ4n) is 2.50. The highest BCUT2D eigenvalue weighted by Crippen LogP contribution is 2.17. The van der Waals surface area contributed by atoms with Crippen LogP contribution in [-0.4, -0.2) is 50.3 Å². The first-order chi connectivity index (χ1) is 14.6. The monoisotopic (exact) mass is 444 g/mol. The van der Waals surface area contributed by atoms with Crippen molar-refractivity contribution in [2.24, 2.45) is 17.3 Å². The fourth-order valence-corrected chi connectivity index (χ4v) is 2.50. The molecule has 0 atom stereocenters. The Morgan fingerprint density at radius 3 is 1.16 bits per heavy atom. The van der Waals surface area contributed by atoms with E-state index < -0.39 is 42.1 Å². The standard InChI is InChI=1S/C23H40O8/c1-7-17(8-2)13-28-19(24)11-21(26)30-15-23(5,6)16-31-22(27)12-20(25)29-14-18(9-3)10-4/h17-18H,7-16H2,1-6H3. The summed E-state index contributed by atoms with van der Waals surface area (Å²) in [5.74, 6) is -2.06. The predicted octanol–water partition coefficient (Wildman–Crippen LogP) is 3.84. The number of ether oxygens (including phenoxy) is 4. The largest absolute Gasteiger partial charge is 0.465 e. The summed E-state index contributed by atoms with van der Waals surface area (Å²) in [5.41, 5.74) is -0.676. The molecule has 0 saturated carbocycles. The molecule has 8 heteroatoms. The minimum Gasteiger partial charge on any atom is -0.465 e. The van der Waals surface area contributed by atoms with Crippen LogP contribution in [0.3, 0.4) is 0 Å². The molecule has 0 aromatic carbocycles. The maximum absolute atomic E-state index is 11.9. The van der Waals surface area contributed by atoms with E-state index in [1.807, 2.05) is 27.7 Å². The van der Waals surface area contributed by atoms with Gasteiger partial charge in [-0.1, -0.05) is 67.2 Å². The van der Waals surface area contributed by atoms with Gasteiger partial charge in [-0.3, -0.25) is 19.2 Å². The Hall–Kier alpha value is -2.12. The summed E-state index contributed by atoms with van der Waals surface area (Å²) >= 11 is 0. The SMILES string of the molecule is CCC(CC)COC(=O)CC(=O)OCC(C)(C)COC(=O)CC(=O)OCC(CC)CC. The lowest BCUT2D eigenvalue weighted by molar-refractivity contribution is -0.159. The van der Waals surface area contributed by atoms with Crippen LogP contribution in [0.15, 0.2) is 0 Å². The first kappa shape index (κ1) is 28.9. The number of carbonyl (C=O) groups is 4. The van der Waals surface area contributed by atoms with Gasteiger partial charge in [-0.15, -0.1) is 0 Å². The molecule has 0 aliphatic carbocycles. The lowest BCUT2D eigenvalue weighted by atomic mass is 9.96. The molecular formula is C23H40O8. The molecule has 0 unspecified atom stereocenters. The molecule has 0 rings (SSSR count). The fraction of sp³-hybridized carbons (Fsp3) is 0.826. The molecule has 0 aliphatic heterocycles. The van der Waals surface area contributed by atoms with Crippen molar-refractivity contribution in [3.8, 4) is 0 Å². The van der Waals surface area contributed by atoms with Crippen molar-refractivity contribution in [3.63, 3.8) is 0 Å². The highest BCUT2D eigenvalue weighted by Gasteiger charge is 2.25. The van der Waals surface area contributed by atoms with E-state index in [1.165, 1.54) is 0 Å². The van der Waals surface area contributed by atoms with Crippen LogP contribution in [0.25, 0.3) is 0 Å². The van der Waals surface area contributed by atoms with Gasteiger partial charge in [0.25, 0.3) is 0 Å². The van der Waals surface area contributed by atoms with Gasteiger partial charge in [0.05, 0.1) is 26.4 Å². The molecule has 0 amide bonds. The summed E-state index contributed by atoms with van der Waals surface area (Å²) in [5, 5.41) is 0. The van der Waals surface area contributed by atoms with Crippen LogP contribution in [-0.2, 0) is 38.1 Å². The molecule has 0 aliphatic rings. The molecule has 8 nitrogen and oxygen atoms in total. The van der Waals surface area contributed by atoms with Crippen molar-refractivity contribution in [1.82, 2.24) is 0 Å². The number of rotatable bonds is 16. The third-order valence-electron chi connectivity index (χ3n) is 5.09. The van der Waals surface area contributed by atoms with Gasteiger partial charge in [-0.05, 0) is 11.8 Å². The summed E-state index contributed by atoms with van der Waals surface area (Å²) in [7, 11) is 0. The van der Waals surface area contributed by atoms with Gasteiger partial charge in [-0.2, -0.15) is 0 Å². The van der Waals surface area contributed by atoms with Crippen LogP contribution >= 0.6 is 0 Å². The van der Waals surface area contributed by atoms with Crippen molar-refractivity contribution in [1.29, 1.82) is 0 Å². The topological polar surface area (TPSA) is 105 Å². The zero-order valence-corrected chi connectivity index (χ0v) is 20.0. The van der Waals surface area contributed by atoms with E-state index in [0.717, 1.165) is 25.7 Å². The van der Waals surface area contributed by atoms with E-state index in [2.05, 4.69) is 0 Å². The third kappa shape index (κ3) is 14.5. The van der Waals surface area contributed by atoms with E-state index in [1.54, 1.807) is 13.8 Å². The molecule has 0 saturated heterocycles. The first-order valence-electron chi connectivity index (χ1n) is 11.2. The molecule has 31 heavy (non-hydrogen) atoms. The van der Waals surface area contributed by atoms with Crippen LogP contribution in [0, 0.1) is 17.3 Å². The van der Waals surface area contributed by atoms with Crippen molar-refractivity contribution in [2.45, 2.75) is 80.1 Å². The van der Waals surface area contributed by atoms with Crippen molar-refractivity contribution in [3.05, 3.63) is 0 Å². The smallest absolute Gasteiger partial charge is 0.317 e. The second-order valence-electron chi connectivity index (χ2n) is 8.57. The van der Waals surface area contributed by atoms with Gasteiger partial charge < -0.3 is 18.9 Å². The summed E-state index contributed by atoms with van der Waals surface area (Å²) in [6, 6.07) is 0. The Bertz CT molecular complexity index is 514. The van der Waals surface area contributed by atoms with E-state index in [-0.39, 0.29) is 25.0 Å². The molecule has 0 aromatic heterocycles. The van der Waals surface area contributed by atoms with E-state index in [9.17, 15) is 19.2 Å². The molecular weight excluding hydrogens is 404 g/mol. The highest BCUT2D eigenvalue weighted by atomic mass is 16.6. The molecule has 0 bridgehead atoms. The van der Waals surface area contributed by atoms with E-state index in [4.69, 9.17) is 18.9 Å². The van der Waals surface area contributed by atoms with Gasteiger partial charge >= 0.3 is 23.9 Å². The molecule has 180 valence electrons. The zero-order chi connectivity index (χ0) is 23.9. The Labute approximate surface area is 186 Å². The average molecular weight is 445 g/mol. The minimum atomic E-state index is -0.695. The summed E-state index contributed by atoms with van der Waals surface area (Å²) in [6.45, 7) is 12.0. The lowest BCUT2D eigenvalue weighted by Gasteiger charge is -2.23. The summed E-state index contributed by atoms with van der Waals surface area (Å²) in [4.78, 5) is 47.2. The van der Waals surface area contributed by atoms with Gasteiger partial charge in [0.2, 0.25) is 0 Å². The second-order valence-corrected chi connectivity index (χ2v) is 8.57. The zero-order valence-electron chi connectivity index (χ0n) is 20.0. The van der Waals surface area contributed by atoms with Crippen LogP contribution in [0.4, 0.5) is 0 Å². The van der Waals surface area contributed by atoms with Crippen molar-refractivity contribution >= 4 is 23.9 Å². The highest BCUT2D eigenvalue weighted by molar-refractivity contribution is 5.91. The van der Waals surface area contributed by atoms with Gasteiger partial charge in [0.1, 0.15) is 12.8 Å². The molecule has 0 heterocycles. The molecule has 0 spiro atoms. The number of carbonyl (C=O) groups excluding carboxylic acids is 4. The van der Waals surface area contributed by atoms with Crippen molar-refractivity contribution < 1.29 is 38.1 Å². The summed E-state index contributed by atoms with van der Waals surface area (Å²) < 4.78 is 20.4. The minimum absolute atomic E-state index is 0.0436. The van der Waals surface area contributed by atoms with E-state index >= 15 is 0 Å². The molecule has 0 N–H and O–H groups in total. The molecule has 0 radical (unpaired) electrons. The third-order valence-corrected chi connectivity index (χ3v) is 5.09. The van der Waals surface area contributed by atoms with Crippen LogP contribution in [0.2, 0.25) is 0 Å². The maximum atomic E-state index is 11.9. The molecule has 0 aromatic rings. The number of hydrogen-bond donors (Lipinski definition) is 0. The molecule has 0 fully saturated rings. The lowest BCUT2D eigenvalue weighted by Crippen LogP contribution is -2.30.